The topological polar surface area (TPSA) is 21.6 Å². The van der Waals surface area contributed by atoms with Gasteiger partial charge in [-0.25, -0.2) is 0 Å². The fraction of sp³-hybridized carbons (Fsp3) is 0.909. The Bertz CT molecular complexity index is 187. The first kappa shape index (κ1) is 10.6. The van der Waals surface area contributed by atoms with Crippen LogP contribution in [0, 0.1) is 17.8 Å². The molecule has 0 spiro atoms. The van der Waals surface area contributed by atoms with Crippen LogP contribution in [-0.4, -0.2) is 12.8 Å². The first-order valence-electron chi connectivity index (χ1n) is 5.25. The van der Waals surface area contributed by atoms with Crippen LogP contribution in [0.3, 0.4) is 0 Å². The molecule has 76 valence electrons. The van der Waals surface area contributed by atoms with E-state index in [1.165, 1.54) is 18.6 Å². The SMILES string of the molecule is CON=C1C[C@H](C)CC[C@H]1C(C)C. The van der Waals surface area contributed by atoms with Crippen molar-refractivity contribution in [2.24, 2.45) is 22.9 Å². The Morgan fingerprint density at radius 2 is 2.08 bits per heavy atom. The zero-order chi connectivity index (χ0) is 9.84. The van der Waals surface area contributed by atoms with Crippen LogP contribution in [0.4, 0.5) is 0 Å². The van der Waals surface area contributed by atoms with Crippen LogP contribution in [0.1, 0.15) is 40.0 Å². The van der Waals surface area contributed by atoms with Gasteiger partial charge in [0.15, 0.2) is 0 Å². The van der Waals surface area contributed by atoms with Gasteiger partial charge in [-0.15, -0.1) is 0 Å². The lowest BCUT2D eigenvalue weighted by Crippen LogP contribution is -2.27. The predicted octanol–water partition coefficient (Wildman–Crippen LogP) is 3.08. The number of hydrogen-bond acceptors (Lipinski definition) is 2. The molecule has 1 aliphatic carbocycles. The van der Waals surface area contributed by atoms with Gasteiger partial charge in [0.25, 0.3) is 0 Å². The molecule has 2 nitrogen and oxygen atoms in total. The summed E-state index contributed by atoms with van der Waals surface area (Å²) in [6.07, 6.45) is 3.74. The maximum absolute atomic E-state index is 4.90. The minimum Gasteiger partial charge on any atom is -0.399 e. The summed E-state index contributed by atoms with van der Waals surface area (Å²) in [5, 5.41) is 4.15. The van der Waals surface area contributed by atoms with Crippen molar-refractivity contribution < 1.29 is 4.84 Å². The molecule has 13 heavy (non-hydrogen) atoms. The monoisotopic (exact) mass is 183 g/mol. The van der Waals surface area contributed by atoms with E-state index in [1.807, 2.05) is 0 Å². The average Bonchev–Trinajstić information content (AvgIpc) is 2.04. The molecule has 0 amide bonds. The number of rotatable bonds is 2. The third-order valence-corrected chi connectivity index (χ3v) is 2.97. The van der Waals surface area contributed by atoms with E-state index in [2.05, 4.69) is 25.9 Å². The van der Waals surface area contributed by atoms with E-state index in [4.69, 9.17) is 4.84 Å². The molecule has 0 N–H and O–H groups in total. The molecule has 0 heterocycles. The first-order valence-corrected chi connectivity index (χ1v) is 5.25. The average molecular weight is 183 g/mol. The number of oxime groups is 1. The summed E-state index contributed by atoms with van der Waals surface area (Å²) < 4.78 is 0. The lowest BCUT2D eigenvalue weighted by molar-refractivity contribution is 0.203. The maximum Gasteiger partial charge on any atom is 0.106 e. The summed E-state index contributed by atoms with van der Waals surface area (Å²) in [6.45, 7) is 6.83. The smallest absolute Gasteiger partial charge is 0.106 e. The maximum atomic E-state index is 4.90. The Labute approximate surface area is 81.3 Å². The van der Waals surface area contributed by atoms with E-state index in [0.29, 0.717) is 11.8 Å². The zero-order valence-electron chi connectivity index (χ0n) is 9.21. The van der Waals surface area contributed by atoms with Crippen LogP contribution in [0.25, 0.3) is 0 Å². The first-order chi connectivity index (χ1) is 6.15. The van der Waals surface area contributed by atoms with E-state index in [1.54, 1.807) is 7.11 Å². The molecule has 1 saturated carbocycles. The Balaban J connectivity index is 2.66. The zero-order valence-corrected chi connectivity index (χ0v) is 9.21. The van der Waals surface area contributed by atoms with Crippen LogP contribution < -0.4 is 0 Å². The number of hydrogen-bond donors (Lipinski definition) is 0. The summed E-state index contributed by atoms with van der Waals surface area (Å²) in [4.78, 5) is 4.90. The molecule has 2 heteroatoms. The van der Waals surface area contributed by atoms with Crippen molar-refractivity contribution in [2.75, 3.05) is 7.11 Å². The van der Waals surface area contributed by atoms with Gasteiger partial charge in [0, 0.05) is 5.92 Å². The molecule has 2 atom stereocenters. The third-order valence-electron chi connectivity index (χ3n) is 2.97. The Hall–Kier alpha value is -0.530. The van der Waals surface area contributed by atoms with Crippen LogP contribution >= 0.6 is 0 Å². The fourth-order valence-corrected chi connectivity index (χ4v) is 2.18. The lowest BCUT2D eigenvalue weighted by atomic mass is 9.76. The second kappa shape index (κ2) is 4.64. The van der Waals surface area contributed by atoms with Crippen molar-refractivity contribution in [1.29, 1.82) is 0 Å². The van der Waals surface area contributed by atoms with Crippen LogP contribution in [-0.2, 0) is 4.84 Å². The van der Waals surface area contributed by atoms with Gasteiger partial charge in [0.05, 0.1) is 5.71 Å². The van der Waals surface area contributed by atoms with Gasteiger partial charge in [0.1, 0.15) is 7.11 Å². The van der Waals surface area contributed by atoms with Gasteiger partial charge in [0.2, 0.25) is 0 Å². The highest BCUT2D eigenvalue weighted by atomic mass is 16.6. The van der Waals surface area contributed by atoms with Crippen LogP contribution in [0.2, 0.25) is 0 Å². The second-order valence-corrected chi connectivity index (χ2v) is 4.50. The molecular formula is C11H21NO. The summed E-state index contributed by atoms with van der Waals surface area (Å²) in [5.74, 6) is 2.13. The van der Waals surface area contributed by atoms with E-state index >= 15 is 0 Å². The van der Waals surface area contributed by atoms with Crippen molar-refractivity contribution in [1.82, 2.24) is 0 Å². The van der Waals surface area contributed by atoms with Crippen molar-refractivity contribution in [3.05, 3.63) is 0 Å². The second-order valence-electron chi connectivity index (χ2n) is 4.50. The highest BCUT2D eigenvalue weighted by Gasteiger charge is 2.27. The molecular weight excluding hydrogens is 162 g/mol. The summed E-state index contributed by atoms with van der Waals surface area (Å²) in [6, 6.07) is 0. The lowest BCUT2D eigenvalue weighted by Gasteiger charge is -2.30. The molecule has 1 fully saturated rings. The van der Waals surface area contributed by atoms with E-state index < -0.39 is 0 Å². The molecule has 0 aromatic rings. The van der Waals surface area contributed by atoms with Gasteiger partial charge < -0.3 is 4.84 Å². The highest BCUT2D eigenvalue weighted by Crippen LogP contribution is 2.31. The van der Waals surface area contributed by atoms with Crippen molar-refractivity contribution in [3.63, 3.8) is 0 Å². The molecule has 1 rings (SSSR count). The van der Waals surface area contributed by atoms with Gasteiger partial charge in [-0.1, -0.05) is 25.9 Å². The quantitative estimate of drug-likeness (QED) is 0.603. The molecule has 1 aliphatic rings. The fourth-order valence-electron chi connectivity index (χ4n) is 2.18. The molecule has 0 bridgehead atoms. The molecule has 0 aromatic heterocycles. The van der Waals surface area contributed by atoms with Crippen molar-refractivity contribution >= 4 is 5.71 Å². The summed E-state index contributed by atoms with van der Waals surface area (Å²) in [7, 11) is 1.64. The largest absolute Gasteiger partial charge is 0.399 e. The van der Waals surface area contributed by atoms with Crippen LogP contribution in [0.5, 0.6) is 0 Å². The predicted molar refractivity (Wildman–Crippen MR) is 55.8 cm³/mol. The summed E-state index contributed by atoms with van der Waals surface area (Å²) >= 11 is 0. The van der Waals surface area contributed by atoms with E-state index in [0.717, 1.165) is 12.3 Å². The molecule has 0 unspecified atom stereocenters. The van der Waals surface area contributed by atoms with Gasteiger partial charge >= 0.3 is 0 Å². The van der Waals surface area contributed by atoms with Crippen molar-refractivity contribution in [2.45, 2.75) is 40.0 Å². The molecule has 0 aromatic carbocycles. The molecule has 0 saturated heterocycles. The minimum absolute atomic E-state index is 0.649. The Morgan fingerprint density at radius 1 is 1.38 bits per heavy atom. The Morgan fingerprint density at radius 3 is 2.62 bits per heavy atom. The van der Waals surface area contributed by atoms with Crippen LogP contribution in [0.15, 0.2) is 5.16 Å². The molecule has 0 aliphatic heterocycles. The van der Waals surface area contributed by atoms with E-state index in [9.17, 15) is 0 Å². The third kappa shape index (κ3) is 2.71. The minimum atomic E-state index is 0.649. The van der Waals surface area contributed by atoms with Gasteiger partial charge in [-0.3, -0.25) is 0 Å². The van der Waals surface area contributed by atoms with Gasteiger partial charge in [-0.2, -0.15) is 0 Å². The van der Waals surface area contributed by atoms with E-state index in [-0.39, 0.29) is 0 Å². The Kier molecular flexibility index (Phi) is 3.76. The standard InChI is InChI=1S/C11H21NO/c1-8(2)10-6-5-9(3)7-11(10)12-13-4/h8-10H,5-7H2,1-4H3/t9-,10+/m1/s1. The number of nitrogens with zero attached hydrogens (tertiary/aromatic N) is 1. The highest BCUT2D eigenvalue weighted by molar-refractivity contribution is 5.87. The summed E-state index contributed by atoms with van der Waals surface area (Å²) in [5.41, 5.74) is 1.27. The molecule has 0 radical (unpaired) electrons. The van der Waals surface area contributed by atoms with Gasteiger partial charge in [-0.05, 0) is 31.1 Å². The van der Waals surface area contributed by atoms with Crippen molar-refractivity contribution in [3.8, 4) is 0 Å². The normalized spacial score (nSPS) is 32.5.